The molecule has 1 rings (SSSR count). The average molecular weight is 249 g/mol. The molecule has 0 aromatic carbocycles. The van der Waals surface area contributed by atoms with Gasteiger partial charge in [-0.3, -0.25) is 4.79 Å². The Hall–Kier alpha value is -0.620. The Bertz CT molecular complexity index is 365. The van der Waals surface area contributed by atoms with Gasteiger partial charge in [-0.15, -0.1) is 0 Å². The largest absolute Gasteiger partial charge is 0.481 e. The van der Waals surface area contributed by atoms with Gasteiger partial charge in [0, 0.05) is 11.8 Å². The maximum absolute atomic E-state index is 11.7. The molecule has 0 radical (unpaired) electrons. The maximum atomic E-state index is 11.7. The Morgan fingerprint density at radius 2 is 2.19 bits per heavy atom. The fraction of sp³-hybridized carbons (Fsp3) is 0.900. The van der Waals surface area contributed by atoms with Gasteiger partial charge >= 0.3 is 5.97 Å². The molecule has 0 amide bonds. The molecule has 1 saturated carbocycles. The van der Waals surface area contributed by atoms with Gasteiger partial charge in [0.25, 0.3) is 0 Å². The van der Waals surface area contributed by atoms with Crippen molar-refractivity contribution in [3.63, 3.8) is 0 Å². The summed E-state index contributed by atoms with van der Waals surface area (Å²) in [6.07, 6.45) is 3.00. The Morgan fingerprint density at radius 3 is 2.62 bits per heavy atom. The molecule has 0 aromatic rings. The lowest BCUT2D eigenvalue weighted by Crippen LogP contribution is -2.55. The van der Waals surface area contributed by atoms with E-state index in [0.29, 0.717) is 19.4 Å². The predicted molar refractivity (Wildman–Crippen MR) is 61.1 cm³/mol. The molecule has 6 heteroatoms. The van der Waals surface area contributed by atoms with E-state index in [0.717, 1.165) is 6.42 Å². The van der Waals surface area contributed by atoms with Crippen LogP contribution in [-0.4, -0.2) is 43.1 Å². The van der Waals surface area contributed by atoms with Crippen molar-refractivity contribution >= 4 is 15.8 Å². The van der Waals surface area contributed by atoms with Crippen molar-refractivity contribution in [2.24, 2.45) is 0 Å². The van der Waals surface area contributed by atoms with Crippen molar-refractivity contribution in [2.75, 3.05) is 12.8 Å². The van der Waals surface area contributed by atoms with Crippen LogP contribution < -0.4 is 5.32 Å². The Kier molecular flexibility index (Phi) is 3.96. The van der Waals surface area contributed by atoms with Crippen LogP contribution in [0.25, 0.3) is 0 Å². The van der Waals surface area contributed by atoms with Gasteiger partial charge < -0.3 is 10.4 Å². The van der Waals surface area contributed by atoms with E-state index < -0.39 is 26.6 Å². The number of rotatable bonds is 5. The first-order valence-corrected chi connectivity index (χ1v) is 7.43. The number of sulfone groups is 1. The van der Waals surface area contributed by atoms with Gasteiger partial charge in [-0.25, -0.2) is 8.42 Å². The first-order chi connectivity index (χ1) is 7.32. The summed E-state index contributed by atoms with van der Waals surface area (Å²) in [7, 11) is -3.20. The lowest BCUT2D eigenvalue weighted by Gasteiger charge is -2.34. The number of hydrogen-bond donors (Lipinski definition) is 2. The molecule has 16 heavy (non-hydrogen) atoms. The quantitative estimate of drug-likeness (QED) is 0.737. The zero-order valence-corrected chi connectivity index (χ0v) is 10.5. The third-order valence-electron chi connectivity index (χ3n) is 3.22. The summed E-state index contributed by atoms with van der Waals surface area (Å²) in [5.41, 5.74) is -0.770. The van der Waals surface area contributed by atoms with E-state index in [1.807, 2.05) is 6.92 Å². The summed E-state index contributed by atoms with van der Waals surface area (Å²) < 4.78 is 23.3. The fourth-order valence-corrected chi connectivity index (χ4v) is 4.45. The average Bonchev–Trinajstić information content (AvgIpc) is 2.46. The topological polar surface area (TPSA) is 83.5 Å². The van der Waals surface area contributed by atoms with Crippen LogP contribution in [0.15, 0.2) is 0 Å². The van der Waals surface area contributed by atoms with Gasteiger partial charge in [0.2, 0.25) is 0 Å². The molecule has 1 aliphatic carbocycles. The van der Waals surface area contributed by atoms with E-state index in [1.54, 1.807) is 0 Å². The van der Waals surface area contributed by atoms with Gasteiger partial charge in [0.1, 0.15) is 0 Å². The number of carboxylic acid groups (broad SMARTS) is 1. The summed E-state index contributed by atoms with van der Waals surface area (Å²) in [6, 6.07) is 0. The fourth-order valence-electron chi connectivity index (χ4n) is 2.75. The molecule has 0 spiro atoms. The highest BCUT2D eigenvalue weighted by molar-refractivity contribution is 7.91. The van der Waals surface area contributed by atoms with Gasteiger partial charge in [0.15, 0.2) is 9.84 Å². The molecule has 2 N–H and O–H groups in total. The van der Waals surface area contributed by atoms with Crippen LogP contribution in [-0.2, 0) is 14.6 Å². The van der Waals surface area contributed by atoms with Crippen LogP contribution in [0.3, 0.4) is 0 Å². The zero-order valence-electron chi connectivity index (χ0n) is 9.69. The van der Waals surface area contributed by atoms with Crippen LogP contribution in [0.4, 0.5) is 0 Å². The molecule has 0 heterocycles. The van der Waals surface area contributed by atoms with Crippen molar-refractivity contribution in [3.8, 4) is 0 Å². The molecular weight excluding hydrogens is 230 g/mol. The molecule has 94 valence electrons. The van der Waals surface area contributed by atoms with Crippen LogP contribution in [0.1, 0.15) is 32.6 Å². The smallest absolute Gasteiger partial charge is 0.305 e. The molecule has 1 fully saturated rings. The summed E-state index contributed by atoms with van der Waals surface area (Å²) in [4.78, 5) is 10.9. The molecular formula is C10H19NO4S. The van der Waals surface area contributed by atoms with Crippen molar-refractivity contribution in [1.29, 1.82) is 0 Å². The molecule has 0 aromatic heterocycles. The minimum absolute atomic E-state index is 0.126. The normalized spacial score (nSPS) is 30.5. The Balaban J connectivity index is 3.03. The second-order valence-corrected chi connectivity index (χ2v) is 6.70. The van der Waals surface area contributed by atoms with E-state index in [2.05, 4.69) is 5.32 Å². The molecule has 0 aliphatic heterocycles. The maximum Gasteiger partial charge on any atom is 0.305 e. The third kappa shape index (κ3) is 2.74. The van der Waals surface area contributed by atoms with Crippen molar-refractivity contribution < 1.29 is 18.3 Å². The van der Waals surface area contributed by atoms with Gasteiger partial charge in [-0.05, 0) is 19.4 Å². The van der Waals surface area contributed by atoms with Gasteiger partial charge in [-0.1, -0.05) is 13.3 Å². The minimum atomic E-state index is -3.20. The van der Waals surface area contributed by atoms with Crippen molar-refractivity contribution in [1.82, 2.24) is 5.32 Å². The summed E-state index contributed by atoms with van der Waals surface area (Å²) >= 11 is 0. The van der Waals surface area contributed by atoms with Crippen molar-refractivity contribution in [3.05, 3.63) is 0 Å². The Labute approximate surface area is 96.1 Å². The highest BCUT2D eigenvalue weighted by Gasteiger charge is 2.48. The highest BCUT2D eigenvalue weighted by Crippen LogP contribution is 2.37. The van der Waals surface area contributed by atoms with Crippen LogP contribution in [0.2, 0.25) is 0 Å². The van der Waals surface area contributed by atoms with Crippen LogP contribution in [0, 0.1) is 0 Å². The van der Waals surface area contributed by atoms with Crippen molar-refractivity contribution in [2.45, 2.75) is 43.4 Å². The van der Waals surface area contributed by atoms with E-state index in [-0.39, 0.29) is 6.42 Å². The van der Waals surface area contributed by atoms with Gasteiger partial charge in [0.05, 0.1) is 11.7 Å². The molecule has 5 nitrogen and oxygen atoms in total. The molecule has 0 saturated heterocycles. The first kappa shape index (κ1) is 13.4. The number of aliphatic carboxylic acids is 1. The monoisotopic (exact) mass is 249 g/mol. The predicted octanol–water partition coefficient (Wildman–Crippen LogP) is 0.407. The van der Waals surface area contributed by atoms with Gasteiger partial charge in [-0.2, -0.15) is 0 Å². The first-order valence-electron chi connectivity index (χ1n) is 5.47. The standard InChI is InChI=1S/C10H19NO4S/c1-3-11-10(7-9(12)13)6-4-5-8(10)16(2,14)15/h8,11H,3-7H2,1-2H3,(H,12,13). The molecule has 2 atom stereocenters. The van der Waals surface area contributed by atoms with Crippen LogP contribution in [0.5, 0.6) is 0 Å². The van der Waals surface area contributed by atoms with E-state index in [4.69, 9.17) is 5.11 Å². The number of nitrogens with one attached hydrogen (secondary N) is 1. The number of hydrogen-bond acceptors (Lipinski definition) is 4. The molecule has 0 bridgehead atoms. The Morgan fingerprint density at radius 1 is 1.56 bits per heavy atom. The molecule has 2 unspecified atom stereocenters. The SMILES string of the molecule is CCNC1(CC(=O)O)CCCC1S(C)(=O)=O. The lowest BCUT2D eigenvalue weighted by atomic mass is 9.93. The number of carboxylic acids is 1. The summed E-state index contributed by atoms with van der Waals surface area (Å²) in [5, 5.41) is 11.4. The lowest BCUT2D eigenvalue weighted by molar-refractivity contribution is -0.138. The van der Waals surface area contributed by atoms with E-state index >= 15 is 0 Å². The molecule has 1 aliphatic rings. The highest BCUT2D eigenvalue weighted by atomic mass is 32.2. The van der Waals surface area contributed by atoms with Crippen LogP contribution >= 0.6 is 0 Å². The second-order valence-electron chi connectivity index (χ2n) is 4.47. The third-order valence-corrected chi connectivity index (χ3v) is 4.94. The summed E-state index contributed by atoms with van der Waals surface area (Å²) in [5.74, 6) is -0.948. The zero-order chi connectivity index (χ0) is 12.4. The second kappa shape index (κ2) is 4.71. The minimum Gasteiger partial charge on any atom is -0.481 e. The van der Waals surface area contributed by atoms with E-state index in [1.165, 1.54) is 6.26 Å². The summed E-state index contributed by atoms with van der Waals surface area (Å²) in [6.45, 7) is 2.44. The number of carbonyl (C=O) groups is 1. The van der Waals surface area contributed by atoms with E-state index in [9.17, 15) is 13.2 Å².